The number of hydrogen-bond acceptors (Lipinski definition) is 0. The van der Waals surface area contributed by atoms with Crippen LogP contribution in [-0.4, -0.2) is 0 Å². The molecular weight excluding hydrogens is 144 g/mol. The first-order valence-corrected chi connectivity index (χ1v) is 4.75. The molecule has 12 heavy (non-hydrogen) atoms. The van der Waals surface area contributed by atoms with Crippen LogP contribution in [-0.2, 0) is 6.42 Å². The van der Waals surface area contributed by atoms with Gasteiger partial charge in [-0.3, -0.25) is 0 Å². The SMILES string of the molecule is C[CH]c1ccc(CCCC)cc1. The summed E-state index contributed by atoms with van der Waals surface area (Å²) in [6.07, 6.45) is 5.93. The molecule has 0 saturated heterocycles. The smallest absolute Gasteiger partial charge is 0.0124 e. The Balaban J connectivity index is 2.53. The highest BCUT2D eigenvalue weighted by atomic mass is 14.0. The summed E-state index contributed by atoms with van der Waals surface area (Å²) in [4.78, 5) is 0. The summed E-state index contributed by atoms with van der Waals surface area (Å²) in [6.45, 7) is 4.30. The molecule has 0 atom stereocenters. The summed E-state index contributed by atoms with van der Waals surface area (Å²) in [5.74, 6) is 0. The van der Waals surface area contributed by atoms with Gasteiger partial charge in [-0.1, -0.05) is 44.5 Å². The van der Waals surface area contributed by atoms with Crippen molar-refractivity contribution in [3.05, 3.63) is 41.8 Å². The largest absolute Gasteiger partial charge is 0.0654 e. The summed E-state index contributed by atoms with van der Waals surface area (Å²) in [6, 6.07) is 8.83. The molecule has 0 heteroatoms. The van der Waals surface area contributed by atoms with E-state index in [1.807, 2.05) is 0 Å². The van der Waals surface area contributed by atoms with Crippen molar-refractivity contribution in [3.63, 3.8) is 0 Å². The highest BCUT2D eigenvalue weighted by Gasteiger charge is 1.92. The van der Waals surface area contributed by atoms with Gasteiger partial charge < -0.3 is 0 Å². The number of unbranched alkanes of at least 4 members (excludes halogenated alkanes) is 1. The Hall–Kier alpha value is -0.780. The van der Waals surface area contributed by atoms with Gasteiger partial charge in [-0.2, -0.15) is 0 Å². The molecule has 65 valence electrons. The van der Waals surface area contributed by atoms with E-state index in [9.17, 15) is 0 Å². The molecule has 1 rings (SSSR count). The van der Waals surface area contributed by atoms with Crippen molar-refractivity contribution in [1.82, 2.24) is 0 Å². The molecule has 0 spiro atoms. The molecule has 0 nitrogen and oxygen atoms in total. The van der Waals surface area contributed by atoms with Crippen LogP contribution in [0.15, 0.2) is 24.3 Å². The molecular formula is C12H17. The van der Waals surface area contributed by atoms with Gasteiger partial charge in [0, 0.05) is 0 Å². The number of rotatable bonds is 4. The van der Waals surface area contributed by atoms with Gasteiger partial charge >= 0.3 is 0 Å². The van der Waals surface area contributed by atoms with Crippen molar-refractivity contribution in [1.29, 1.82) is 0 Å². The third kappa shape index (κ3) is 2.69. The van der Waals surface area contributed by atoms with Crippen LogP contribution in [0, 0.1) is 6.42 Å². The fraction of sp³-hybridized carbons (Fsp3) is 0.417. The Labute approximate surface area is 75.6 Å². The first-order valence-electron chi connectivity index (χ1n) is 4.75. The zero-order valence-corrected chi connectivity index (χ0v) is 8.01. The number of aryl methyl sites for hydroxylation is 1. The minimum Gasteiger partial charge on any atom is -0.0654 e. The monoisotopic (exact) mass is 161 g/mol. The minimum atomic E-state index is 1.22. The molecule has 0 N–H and O–H groups in total. The Kier molecular flexibility index (Phi) is 3.86. The fourth-order valence-electron chi connectivity index (χ4n) is 1.26. The summed E-state index contributed by atoms with van der Waals surface area (Å²) in [7, 11) is 0. The van der Waals surface area contributed by atoms with Crippen molar-refractivity contribution < 1.29 is 0 Å². The van der Waals surface area contributed by atoms with Gasteiger partial charge in [0.1, 0.15) is 0 Å². The molecule has 1 aromatic rings. The topological polar surface area (TPSA) is 0 Å². The lowest BCUT2D eigenvalue weighted by Crippen LogP contribution is -1.84. The van der Waals surface area contributed by atoms with Crippen molar-refractivity contribution in [2.24, 2.45) is 0 Å². The zero-order chi connectivity index (χ0) is 8.81. The third-order valence-corrected chi connectivity index (χ3v) is 2.13. The van der Waals surface area contributed by atoms with Gasteiger partial charge in [0.15, 0.2) is 0 Å². The van der Waals surface area contributed by atoms with Crippen LogP contribution in [0.5, 0.6) is 0 Å². The van der Waals surface area contributed by atoms with Gasteiger partial charge in [0.05, 0.1) is 0 Å². The van der Waals surface area contributed by atoms with Gasteiger partial charge in [0.25, 0.3) is 0 Å². The summed E-state index contributed by atoms with van der Waals surface area (Å²) in [5.41, 5.74) is 2.78. The van der Waals surface area contributed by atoms with E-state index in [1.165, 1.54) is 30.4 Å². The van der Waals surface area contributed by atoms with E-state index in [1.54, 1.807) is 0 Å². The van der Waals surface area contributed by atoms with Crippen molar-refractivity contribution >= 4 is 0 Å². The Morgan fingerprint density at radius 1 is 1.17 bits per heavy atom. The van der Waals surface area contributed by atoms with E-state index in [4.69, 9.17) is 0 Å². The lowest BCUT2D eigenvalue weighted by Gasteiger charge is -2.00. The maximum atomic E-state index is 2.23. The van der Waals surface area contributed by atoms with Crippen LogP contribution in [0.4, 0.5) is 0 Å². The van der Waals surface area contributed by atoms with Crippen LogP contribution >= 0.6 is 0 Å². The van der Waals surface area contributed by atoms with Gasteiger partial charge in [0.2, 0.25) is 0 Å². The maximum Gasteiger partial charge on any atom is -0.0124 e. The van der Waals surface area contributed by atoms with Crippen molar-refractivity contribution in [3.8, 4) is 0 Å². The normalized spacial score (nSPS) is 10.2. The van der Waals surface area contributed by atoms with Crippen LogP contribution in [0.2, 0.25) is 0 Å². The van der Waals surface area contributed by atoms with E-state index in [-0.39, 0.29) is 0 Å². The Morgan fingerprint density at radius 3 is 2.33 bits per heavy atom. The molecule has 1 radical (unpaired) electrons. The third-order valence-electron chi connectivity index (χ3n) is 2.13. The van der Waals surface area contributed by atoms with E-state index in [0.29, 0.717) is 0 Å². The molecule has 0 aliphatic rings. The minimum absolute atomic E-state index is 1.22. The molecule has 0 saturated carbocycles. The van der Waals surface area contributed by atoms with E-state index >= 15 is 0 Å². The van der Waals surface area contributed by atoms with Crippen LogP contribution in [0.1, 0.15) is 37.8 Å². The fourth-order valence-corrected chi connectivity index (χ4v) is 1.26. The molecule has 0 aliphatic heterocycles. The van der Waals surface area contributed by atoms with E-state index in [0.717, 1.165) is 0 Å². The molecule has 0 bridgehead atoms. The summed E-state index contributed by atoms with van der Waals surface area (Å²) >= 11 is 0. The first kappa shape index (κ1) is 9.31. The van der Waals surface area contributed by atoms with Crippen LogP contribution < -0.4 is 0 Å². The van der Waals surface area contributed by atoms with E-state index in [2.05, 4.69) is 44.5 Å². The molecule has 0 heterocycles. The molecule has 0 unspecified atom stereocenters. The molecule has 0 fully saturated rings. The van der Waals surface area contributed by atoms with E-state index < -0.39 is 0 Å². The average molecular weight is 161 g/mol. The average Bonchev–Trinajstić information content (AvgIpc) is 2.15. The Bertz CT molecular complexity index is 208. The lowest BCUT2D eigenvalue weighted by molar-refractivity contribution is 0.795. The second-order valence-electron chi connectivity index (χ2n) is 3.13. The highest BCUT2D eigenvalue weighted by Crippen LogP contribution is 2.08. The molecule has 0 amide bonds. The summed E-state index contributed by atoms with van der Waals surface area (Å²) in [5, 5.41) is 0. The van der Waals surface area contributed by atoms with Crippen molar-refractivity contribution in [2.75, 3.05) is 0 Å². The van der Waals surface area contributed by atoms with Crippen LogP contribution in [0.25, 0.3) is 0 Å². The second kappa shape index (κ2) is 4.97. The highest BCUT2D eigenvalue weighted by molar-refractivity contribution is 5.26. The number of benzene rings is 1. The van der Waals surface area contributed by atoms with Gasteiger partial charge in [-0.15, -0.1) is 0 Å². The predicted molar refractivity (Wildman–Crippen MR) is 54.1 cm³/mol. The zero-order valence-electron chi connectivity index (χ0n) is 8.01. The predicted octanol–water partition coefficient (Wildman–Crippen LogP) is 3.60. The van der Waals surface area contributed by atoms with Crippen LogP contribution in [0.3, 0.4) is 0 Å². The lowest BCUT2D eigenvalue weighted by atomic mass is 10.1. The number of hydrogen-bond donors (Lipinski definition) is 0. The standard InChI is InChI=1S/C12H17/c1-3-5-6-12-9-7-11(4-2)8-10-12/h4,7-10H,3,5-6H2,1-2H3. The Morgan fingerprint density at radius 2 is 1.83 bits per heavy atom. The molecule has 0 aromatic heterocycles. The van der Waals surface area contributed by atoms with Gasteiger partial charge in [-0.25, -0.2) is 0 Å². The first-order chi connectivity index (χ1) is 5.86. The van der Waals surface area contributed by atoms with Gasteiger partial charge in [-0.05, 0) is 30.4 Å². The second-order valence-corrected chi connectivity index (χ2v) is 3.13. The quantitative estimate of drug-likeness (QED) is 0.633. The van der Waals surface area contributed by atoms with Crippen molar-refractivity contribution in [2.45, 2.75) is 33.1 Å². The maximum absolute atomic E-state index is 2.23. The molecule has 0 aliphatic carbocycles. The summed E-state index contributed by atoms with van der Waals surface area (Å²) < 4.78 is 0. The molecule has 1 aromatic carbocycles.